The maximum atomic E-state index is 11.7. The Balaban J connectivity index is 2.14. The Morgan fingerprint density at radius 3 is 2.29 bits per heavy atom. The summed E-state index contributed by atoms with van der Waals surface area (Å²) in [6.45, 7) is 6.65. The Labute approximate surface area is 127 Å². The van der Waals surface area contributed by atoms with Gasteiger partial charge in [-0.2, -0.15) is 0 Å². The number of fused-ring (bicyclic) bond motifs is 2. The van der Waals surface area contributed by atoms with E-state index in [1.54, 1.807) is 14.2 Å². The summed E-state index contributed by atoms with van der Waals surface area (Å²) in [5, 5.41) is 11.7. The number of aliphatic hydroxyl groups is 1. The van der Waals surface area contributed by atoms with Gasteiger partial charge in [0.05, 0.1) is 14.2 Å². The minimum absolute atomic E-state index is 0.0548. The molecule has 3 atom stereocenters. The third-order valence-corrected chi connectivity index (χ3v) is 6.37. The number of benzene rings is 1. The Kier molecular flexibility index (Phi) is 3.07. The maximum absolute atomic E-state index is 11.7. The largest absolute Gasteiger partial charge is 0.493 e. The molecule has 3 rings (SSSR count). The average molecular weight is 290 g/mol. The third-order valence-electron chi connectivity index (χ3n) is 6.37. The van der Waals surface area contributed by atoms with Crippen molar-refractivity contribution in [3.8, 4) is 11.5 Å². The van der Waals surface area contributed by atoms with Crippen molar-refractivity contribution in [2.75, 3.05) is 14.2 Å². The first-order chi connectivity index (χ1) is 9.80. The smallest absolute Gasteiger partial charge is 0.161 e. The molecule has 0 amide bonds. The second-order valence-electron chi connectivity index (χ2n) is 7.50. The minimum Gasteiger partial charge on any atom is -0.493 e. The molecule has 2 saturated carbocycles. The van der Waals surface area contributed by atoms with Crippen LogP contribution in [0.4, 0.5) is 0 Å². The van der Waals surface area contributed by atoms with Crippen LogP contribution in [0.3, 0.4) is 0 Å². The van der Waals surface area contributed by atoms with Crippen LogP contribution >= 0.6 is 0 Å². The lowest BCUT2D eigenvalue weighted by Crippen LogP contribution is -2.51. The molecule has 1 N–H and O–H groups in total. The summed E-state index contributed by atoms with van der Waals surface area (Å²) in [5.41, 5.74) is -0.0436. The number of hydrogen-bond acceptors (Lipinski definition) is 3. The summed E-state index contributed by atoms with van der Waals surface area (Å²) in [7, 11) is 3.27. The highest BCUT2D eigenvalue weighted by Gasteiger charge is 2.69. The average Bonchev–Trinajstić information content (AvgIpc) is 2.94. The summed E-state index contributed by atoms with van der Waals surface area (Å²) in [6.07, 6.45) is 3.41. The number of methoxy groups -OCH3 is 2. The summed E-state index contributed by atoms with van der Waals surface area (Å²) in [6, 6.07) is 5.85. The second-order valence-corrected chi connectivity index (χ2v) is 7.50. The molecule has 1 aromatic rings. The van der Waals surface area contributed by atoms with Crippen molar-refractivity contribution in [2.45, 2.75) is 45.6 Å². The molecule has 21 heavy (non-hydrogen) atoms. The van der Waals surface area contributed by atoms with Crippen molar-refractivity contribution >= 4 is 0 Å². The van der Waals surface area contributed by atoms with Crippen molar-refractivity contribution < 1.29 is 14.6 Å². The van der Waals surface area contributed by atoms with E-state index >= 15 is 0 Å². The van der Waals surface area contributed by atoms with Gasteiger partial charge in [0.2, 0.25) is 0 Å². The molecular formula is C18H26O3. The number of hydrogen-bond donors (Lipinski definition) is 1. The first kappa shape index (κ1) is 14.7. The summed E-state index contributed by atoms with van der Waals surface area (Å²) >= 11 is 0. The molecular weight excluding hydrogens is 264 g/mol. The third kappa shape index (κ3) is 1.64. The molecule has 1 aromatic carbocycles. The van der Waals surface area contributed by atoms with E-state index in [4.69, 9.17) is 9.47 Å². The van der Waals surface area contributed by atoms with Gasteiger partial charge in [-0.1, -0.05) is 26.8 Å². The molecule has 2 bridgehead atoms. The van der Waals surface area contributed by atoms with Crippen molar-refractivity contribution in [3.63, 3.8) is 0 Å². The predicted octanol–water partition coefficient (Wildman–Crippen LogP) is 3.74. The normalized spacial score (nSPS) is 36.8. The lowest BCUT2D eigenvalue weighted by molar-refractivity contribution is -0.150. The van der Waals surface area contributed by atoms with E-state index in [1.165, 1.54) is 6.42 Å². The van der Waals surface area contributed by atoms with Crippen LogP contribution in [0.5, 0.6) is 11.5 Å². The van der Waals surface area contributed by atoms with E-state index in [-0.39, 0.29) is 10.8 Å². The summed E-state index contributed by atoms with van der Waals surface area (Å²) in [5.74, 6) is 1.97. The van der Waals surface area contributed by atoms with E-state index < -0.39 is 5.60 Å². The van der Waals surface area contributed by atoms with Crippen molar-refractivity contribution in [3.05, 3.63) is 23.8 Å². The fourth-order valence-corrected chi connectivity index (χ4v) is 5.04. The lowest BCUT2D eigenvalue weighted by Gasteiger charge is -2.51. The van der Waals surface area contributed by atoms with Gasteiger partial charge in [-0.15, -0.1) is 0 Å². The molecule has 0 heterocycles. The minimum atomic E-state index is -0.817. The standard InChI is InChI=1S/C18H26O3/c1-16(2)13-8-9-17(3,11-13)18(16,19)12-6-7-14(20-4)15(10-12)21-5/h6-7,10,13,19H,8-9,11H2,1-5H3. The van der Waals surface area contributed by atoms with Crippen LogP contribution in [-0.4, -0.2) is 19.3 Å². The summed E-state index contributed by atoms with van der Waals surface area (Å²) < 4.78 is 10.7. The molecule has 2 aliphatic rings. The molecule has 3 heteroatoms. The van der Waals surface area contributed by atoms with Gasteiger partial charge in [-0.3, -0.25) is 0 Å². The van der Waals surface area contributed by atoms with Gasteiger partial charge < -0.3 is 14.6 Å². The van der Waals surface area contributed by atoms with Crippen molar-refractivity contribution in [1.29, 1.82) is 0 Å². The van der Waals surface area contributed by atoms with E-state index in [0.29, 0.717) is 17.4 Å². The molecule has 0 aromatic heterocycles. The van der Waals surface area contributed by atoms with Crippen molar-refractivity contribution in [1.82, 2.24) is 0 Å². The fraction of sp³-hybridized carbons (Fsp3) is 0.667. The van der Waals surface area contributed by atoms with E-state index in [1.807, 2.05) is 18.2 Å². The zero-order valence-corrected chi connectivity index (χ0v) is 13.7. The lowest BCUT2D eigenvalue weighted by atomic mass is 9.58. The highest BCUT2D eigenvalue weighted by Crippen LogP contribution is 2.71. The Morgan fingerprint density at radius 2 is 1.76 bits per heavy atom. The van der Waals surface area contributed by atoms with Gasteiger partial charge in [-0.05, 0) is 42.9 Å². The van der Waals surface area contributed by atoms with Crippen molar-refractivity contribution in [2.24, 2.45) is 16.7 Å². The van der Waals surface area contributed by atoms with Gasteiger partial charge in [0.15, 0.2) is 11.5 Å². The molecule has 116 valence electrons. The monoisotopic (exact) mass is 290 g/mol. The predicted molar refractivity (Wildman–Crippen MR) is 82.7 cm³/mol. The van der Waals surface area contributed by atoms with Crippen LogP contribution in [0.1, 0.15) is 45.6 Å². The van der Waals surface area contributed by atoms with Crippen LogP contribution in [0.15, 0.2) is 18.2 Å². The number of ether oxygens (including phenoxy) is 2. The first-order valence-electron chi connectivity index (χ1n) is 7.75. The molecule has 2 aliphatic carbocycles. The second kappa shape index (κ2) is 4.39. The highest BCUT2D eigenvalue weighted by molar-refractivity contribution is 5.46. The summed E-state index contributed by atoms with van der Waals surface area (Å²) in [4.78, 5) is 0. The first-order valence-corrected chi connectivity index (χ1v) is 7.75. The van der Waals surface area contributed by atoms with Crippen LogP contribution in [0.2, 0.25) is 0 Å². The van der Waals surface area contributed by atoms with E-state index in [9.17, 15) is 5.11 Å². The Hall–Kier alpha value is -1.22. The maximum Gasteiger partial charge on any atom is 0.161 e. The SMILES string of the molecule is COc1ccc(C2(O)C3(C)CCC(C3)C2(C)C)cc1OC. The molecule has 3 unspecified atom stereocenters. The van der Waals surface area contributed by atoms with Crippen LogP contribution in [0.25, 0.3) is 0 Å². The Morgan fingerprint density at radius 1 is 1.10 bits per heavy atom. The van der Waals surface area contributed by atoms with Gasteiger partial charge >= 0.3 is 0 Å². The molecule has 0 saturated heterocycles. The molecule has 3 nitrogen and oxygen atoms in total. The molecule has 0 spiro atoms. The molecule has 2 fully saturated rings. The fourth-order valence-electron chi connectivity index (χ4n) is 5.04. The zero-order valence-electron chi connectivity index (χ0n) is 13.7. The molecule has 0 aliphatic heterocycles. The van der Waals surface area contributed by atoms with E-state index in [0.717, 1.165) is 18.4 Å². The van der Waals surface area contributed by atoms with Crippen LogP contribution in [0, 0.1) is 16.7 Å². The topological polar surface area (TPSA) is 38.7 Å². The quantitative estimate of drug-likeness (QED) is 0.921. The van der Waals surface area contributed by atoms with Gasteiger partial charge in [-0.25, -0.2) is 0 Å². The van der Waals surface area contributed by atoms with Gasteiger partial charge in [0.25, 0.3) is 0 Å². The zero-order chi connectivity index (χ0) is 15.5. The number of rotatable bonds is 3. The Bertz CT molecular complexity index is 559. The van der Waals surface area contributed by atoms with E-state index in [2.05, 4.69) is 20.8 Å². The van der Waals surface area contributed by atoms with Crippen LogP contribution < -0.4 is 9.47 Å². The van der Waals surface area contributed by atoms with Gasteiger partial charge in [0, 0.05) is 10.8 Å². The molecule has 0 radical (unpaired) electrons. The van der Waals surface area contributed by atoms with Gasteiger partial charge in [0.1, 0.15) is 5.60 Å². The highest BCUT2D eigenvalue weighted by atomic mass is 16.5. The van der Waals surface area contributed by atoms with Crippen LogP contribution in [-0.2, 0) is 5.60 Å².